The van der Waals surface area contributed by atoms with Gasteiger partial charge in [-0.25, -0.2) is 0 Å². The smallest absolute Gasteiger partial charge is 0.0405 e. The summed E-state index contributed by atoms with van der Waals surface area (Å²) in [6.07, 6.45) is 3.36. The minimum atomic E-state index is 1.05. The normalized spacial score (nSPS) is 10.4. The Labute approximate surface area is 99.5 Å². The highest BCUT2D eigenvalue weighted by Gasteiger charge is 2.04. The molecule has 1 rings (SSSR count). The van der Waals surface area contributed by atoms with E-state index in [4.69, 9.17) is 0 Å². The van der Waals surface area contributed by atoms with Gasteiger partial charge in [-0.2, -0.15) is 0 Å². The van der Waals surface area contributed by atoms with E-state index >= 15 is 0 Å². The van der Waals surface area contributed by atoms with Crippen LogP contribution in [0.15, 0.2) is 18.2 Å². The maximum Gasteiger partial charge on any atom is 0.0405 e. The molecule has 16 heavy (non-hydrogen) atoms. The summed E-state index contributed by atoms with van der Waals surface area (Å²) < 4.78 is 0. The molecule has 0 bridgehead atoms. The fourth-order valence-electron chi connectivity index (χ4n) is 1.95. The second-order valence-electron chi connectivity index (χ2n) is 4.04. The highest BCUT2D eigenvalue weighted by molar-refractivity contribution is 5.57. The zero-order valence-corrected chi connectivity index (χ0v) is 10.8. The van der Waals surface area contributed by atoms with E-state index in [2.05, 4.69) is 42.7 Å². The van der Waals surface area contributed by atoms with Gasteiger partial charge in [-0.15, -0.1) is 0 Å². The molecule has 0 spiro atoms. The third kappa shape index (κ3) is 3.53. The lowest BCUT2D eigenvalue weighted by molar-refractivity contribution is 0.747. The van der Waals surface area contributed by atoms with Crippen molar-refractivity contribution in [3.05, 3.63) is 29.3 Å². The summed E-state index contributed by atoms with van der Waals surface area (Å²) in [5.41, 5.74) is 4.23. The molecule has 1 aromatic carbocycles. The molecule has 0 heterocycles. The topological polar surface area (TPSA) is 24.1 Å². The molecule has 2 nitrogen and oxygen atoms in total. The van der Waals surface area contributed by atoms with E-state index in [1.807, 2.05) is 7.05 Å². The van der Waals surface area contributed by atoms with Crippen molar-refractivity contribution in [2.75, 3.05) is 25.5 Å². The number of rotatable bonds is 7. The molecule has 0 radical (unpaired) electrons. The summed E-state index contributed by atoms with van der Waals surface area (Å²) in [7, 11) is 2.00. The quantitative estimate of drug-likeness (QED) is 0.690. The molecule has 0 aromatic heterocycles. The Bertz CT molecular complexity index is 285. The van der Waals surface area contributed by atoms with Gasteiger partial charge in [-0.1, -0.05) is 32.0 Å². The SMILES string of the molecule is CCc1cccc(CC)c1NCCCNC. The molecule has 1 aromatic rings. The summed E-state index contributed by atoms with van der Waals surface area (Å²) in [6.45, 7) is 6.55. The Morgan fingerprint density at radius 1 is 1.00 bits per heavy atom. The average molecular weight is 220 g/mol. The standard InChI is InChI=1S/C14H24N2/c1-4-12-8-6-9-13(5-2)14(12)16-11-7-10-15-3/h6,8-9,15-16H,4-5,7,10-11H2,1-3H3. The Hall–Kier alpha value is -1.02. The second kappa shape index (κ2) is 7.29. The van der Waals surface area contributed by atoms with Crippen molar-refractivity contribution in [1.29, 1.82) is 0 Å². The van der Waals surface area contributed by atoms with Gasteiger partial charge in [0.1, 0.15) is 0 Å². The van der Waals surface area contributed by atoms with E-state index in [9.17, 15) is 0 Å². The number of benzene rings is 1. The van der Waals surface area contributed by atoms with Crippen molar-refractivity contribution in [3.63, 3.8) is 0 Å². The summed E-state index contributed by atoms with van der Waals surface area (Å²) in [4.78, 5) is 0. The summed E-state index contributed by atoms with van der Waals surface area (Å²) in [5, 5.41) is 6.75. The molecule has 2 heteroatoms. The number of nitrogens with one attached hydrogen (secondary N) is 2. The lowest BCUT2D eigenvalue weighted by Gasteiger charge is -2.15. The van der Waals surface area contributed by atoms with Gasteiger partial charge in [0, 0.05) is 12.2 Å². The average Bonchev–Trinajstić information content (AvgIpc) is 2.34. The lowest BCUT2D eigenvalue weighted by atomic mass is 10.0. The van der Waals surface area contributed by atoms with Gasteiger partial charge in [0.05, 0.1) is 0 Å². The van der Waals surface area contributed by atoms with Crippen LogP contribution in [-0.4, -0.2) is 20.1 Å². The van der Waals surface area contributed by atoms with Crippen LogP contribution in [-0.2, 0) is 12.8 Å². The van der Waals surface area contributed by atoms with E-state index in [1.165, 1.54) is 16.8 Å². The maximum absolute atomic E-state index is 3.58. The summed E-state index contributed by atoms with van der Waals surface area (Å²) >= 11 is 0. The molecule has 0 aliphatic heterocycles. The summed E-state index contributed by atoms with van der Waals surface area (Å²) in [6, 6.07) is 6.61. The van der Waals surface area contributed by atoms with Crippen LogP contribution in [0.1, 0.15) is 31.4 Å². The van der Waals surface area contributed by atoms with Crippen LogP contribution in [0.3, 0.4) is 0 Å². The molecule has 0 fully saturated rings. The van der Waals surface area contributed by atoms with Crippen LogP contribution in [0.5, 0.6) is 0 Å². The number of anilines is 1. The predicted molar refractivity (Wildman–Crippen MR) is 72.2 cm³/mol. The maximum atomic E-state index is 3.58. The third-order valence-electron chi connectivity index (χ3n) is 2.90. The monoisotopic (exact) mass is 220 g/mol. The van der Waals surface area contributed by atoms with Gasteiger partial charge in [0.15, 0.2) is 0 Å². The molecule has 0 aliphatic carbocycles. The van der Waals surface area contributed by atoms with E-state index in [-0.39, 0.29) is 0 Å². The molecule has 0 aliphatic rings. The van der Waals surface area contributed by atoms with Crippen molar-refractivity contribution in [3.8, 4) is 0 Å². The molecule has 0 saturated heterocycles. The number of hydrogen-bond acceptors (Lipinski definition) is 2. The van der Waals surface area contributed by atoms with Crippen molar-refractivity contribution in [2.45, 2.75) is 33.1 Å². The van der Waals surface area contributed by atoms with Crippen molar-refractivity contribution < 1.29 is 0 Å². The molecule has 0 unspecified atom stereocenters. The molecule has 90 valence electrons. The minimum Gasteiger partial charge on any atom is -0.385 e. The predicted octanol–water partition coefficient (Wildman–Crippen LogP) is 2.83. The molecule has 0 atom stereocenters. The molecule has 2 N–H and O–H groups in total. The van der Waals surface area contributed by atoms with Crippen LogP contribution in [0, 0.1) is 0 Å². The first-order valence-electron chi connectivity index (χ1n) is 6.32. The van der Waals surface area contributed by atoms with Crippen LogP contribution < -0.4 is 10.6 Å². The fraction of sp³-hybridized carbons (Fsp3) is 0.571. The van der Waals surface area contributed by atoms with E-state index in [0.29, 0.717) is 0 Å². The van der Waals surface area contributed by atoms with Crippen LogP contribution in [0.4, 0.5) is 5.69 Å². The first-order chi connectivity index (χ1) is 7.83. The lowest BCUT2D eigenvalue weighted by Crippen LogP contribution is -2.14. The Morgan fingerprint density at radius 3 is 2.12 bits per heavy atom. The van der Waals surface area contributed by atoms with Crippen LogP contribution in [0.2, 0.25) is 0 Å². The Kier molecular flexibility index (Phi) is 5.94. The molecule has 0 saturated carbocycles. The van der Waals surface area contributed by atoms with Gasteiger partial charge < -0.3 is 10.6 Å². The van der Waals surface area contributed by atoms with E-state index < -0.39 is 0 Å². The van der Waals surface area contributed by atoms with Gasteiger partial charge in [-0.05, 0) is 44.0 Å². The van der Waals surface area contributed by atoms with E-state index in [1.54, 1.807) is 0 Å². The van der Waals surface area contributed by atoms with Crippen LogP contribution >= 0.6 is 0 Å². The van der Waals surface area contributed by atoms with E-state index in [0.717, 1.165) is 32.4 Å². The molecule has 0 amide bonds. The molecular formula is C14H24N2. The highest BCUT2D eigenvalue weighted by Crippen LogP contribution is 2.22. The van der Waals surface area contributed by atoms with Crippen molar-refractivity contribution in [1.82, 2.24) is 5.32 Å². The Balaban J connectivity index is 2.67. The van der Waals surface area contributed by atoms with Gasteiger partial charge in [0.25, 0.3) is 0 Å². The highest BCUT2D eigenvalue weighted by atomic mass is 14.9. The van der Waals surface area contributed by atoms with Crippen molar-refractivity contribution in [2.24, 2.45) is 0 Å². The third-order valence-corrected chi connectivity index (χ3v) is 2.90. The first-order valence-corrected chi connectivity index (χ1v) is 6.32. The van der Waals surface area contributed by atoms with Crippen LogP contribution in [0.25, 0.3) is 0 Å². The fourth-order valence-corrected chi connectivity index (χ4v) is 1.95. The first kappa shape index (κ1) is 13.0. The second-order valence-corrected chi connectivity index (χ2v) is 4.04. The number of aryl methyl sites for hydroxylation is 2. The van der Waals surface area contributed by atoms with Gasteiger partial charge >= 0.3 is 0 Å². The summed E-state index contributed by atoms with van der Waals surface area (Å²) in [5.74, 6) is 0. The Morgan fingerprint density at radius 2 is 1.62 bits per heavy atom. The largest absolute Gasteiger partial charge is 0.385 e. The molecular weight excluding hydrogens is 196 g/mol. The van der Waals surface area contributed by atoms with Gasteiger partial charge in [0.2, 0.25) is 0 Å². The zero-order valence-electron chi connectivity index (χ0n) is 10.8. The van der Waals surface area contributed by atoms with Crippen molar-refractivity contribution >= 4 is 5.69 Å². The number of para-hydroxylation sites is 1. The number of hydrogen-bond donors (Lipinski definition) is 2. The minimum absolute atomic E-state index is 1.05. The van der Waals surface area contributed by atoms with Gasteiger partial charge in [-0.3, -0.25) is 0 Å². The zero-order chi connectivity index (χ0) is 11.8.